The molecule has 4 heteroatoms. The molecular weight excluding hydrogens is 276 g/mol. The Labute approximate surface area is 125 Å². The number of rotatable bonds is 6. The van der Waals surface area contributed by atoms with Gasteiger partial charge < -0.3 is 9.47 Å². The second kappa shape index (κ2) is 5.65. The summed E-state index contributed by atoms with van der Waals surface area (Å²) in [6, 6.07) is 3.40. The minimum Gasteiger partial charge on any atom is -0.490 e. The number of carbonyl (C=O) groups is 1. The van der Waals surface area contributed by atoms with Gasteiger partial charge in [-0.25, -0.2) is 0 Å². The van der Waals surface area contributed by atoms with E-state index in [0.717, 1.165) is 6.42 Å². The lowest BCUT2D eigenvalue weighted by Gasteiger charge is -2.14. The Morgan fingerprint density at radius 2 is 1.75 bits per heavy atom. The fourth-order valence-electron chi connectivity index (χ4n) is 2.36. The highest BCUT2D eigenvalue weighted by atomic mass is 35.5. The SMILES string of the molecule is CCOc1cc(Cl)c(C(=O)C2CC2(C)C)cc1OCC. The number of Topliss-reactive ketones (excluding diaryl/α,β-unsaturated/α-hetero) is 1. The van der Waals surface area contributed by atoms with Gasteiger partial charge >= 0.3 is 0 Å². The van der Waals surface area contributed by atoms with E-state index >= 15 is 0 Å². The molecule has 1 fully saturated rings. The van der Waals surface area contributed by atoms with Gasteiger partial charge in [0.2, 0.25) is 0 Å². The van der Waals surface area contributed by atoms with E-state index in [1.807, 2.05) is 13.8 Å². The summed E-state index contributed by atoms with van der Waals surface area (Å²) in [5.74, 6) is 1.34. The normalized spacial score (nSPS) is 19.6. The second-order valence-corrected chi connectivity index (χ2v) is 6.16. The molecule has 1 aliphatic rings. The largest absolute Gasteiger partial charge is 0.490 e. The van der Waals surface area contributed by atoms with E-state index in [-0.39, 0.29) is 17.1 Å². The summed E-state index contributed by atoms with van der Waals surface area (Å²) in [6.45, 7) is 9.04. The maximum atomic E-state index is 12.5. The molecule has 0 aromatic heterocycles. The zero-order valence-electron chi connectivity index (χ0n) is 12.5. The predicted octanol–water partition coefficient (Wildman–Crippen LogP) is 4.37. The maximum Gasteiger partial charge on any atom is 0.168 e. The van der Waals surface area contributed by atoms with E-state index in [1.54, 1.807) is 12.1 Å². The molecule has 2 rings (SSSR count). The minimum absolute atomic E-state index is 0.0624. The number of hydrogen-bond acceptors (Lipinski definition) is 3. The highest BCUT2D eigenvalue weighted by molar-refractivity contribution is 6.34. The molecule has 1 aliphatic carbocycles. The second-order valence-electron chi connectivity index (χ2n) is 5.75. The third kappa shape index (κ3) is 2.93. The van der Waals surface area contributed by atoms with E-state index < -0.39 is 0 Å². The summed E-state index contributed by atoms with van der Waals surface area (Å²) >= 11 is 6.24. The van der Waals surface area contributed by atoms with E-state index in [2.05, 4.69) is 13.8 Å². The Morgan fingerprint density at radius 1 is 1.25 bits per heavy atom. The van der Waals surface area contributed by atoms with Crippen LogP contribution in [0.15, 0.2) is 12.1 Å². The Balaban J connectivity index is 2.34. The molecule has 0 radical (unpaired) electrons. The maximum absolute atomic E-state index is 12.5. The van der Waals surface area contributed by atoms with Crippen LogP contribution < -0.4 is 9.47 Å². The number of ether oxygens (including phenoxy) is 2. The van der Waals surface area contributed by atoms with Crippen molar-refractivity contribution in [1.82, 2.24) is 0 Å². The number of carbonyl (C=O) groups excluding carboxylic acids is 1. The highest BCUT2D eigenvalue weighted by Crippen LogP contribution is 2.54. The zero-order valence-corrected chi connectivity index (χ0v) is 13.2. The molecule has 1 atom stereocenters. The van der Waals surface area contributed by atoms with Crippen molar-refractivity contribution in [3.8, 4) is 11.5 Å². The van der Waals surface area contributed by atoms with Gasteiger partial charge in [-0.05, 0) is 31.7 Å². The predicted molar refractivity (Wildman–Crippen MR) is 80.0 cm³/mol. The van der Waals surface area contributed by atoms with Gasteiger partial charge in [0.25, 0.3) is 0 Å². The first kappa shape index (κ1) is 15.2. The molecule has 110 valence electrons. The van der Waals surface area contributed by atoms with E-state index in [4.69, 9.17) is 21.1 Å². The molecule has 0 N–H and O–H groups in total. The molecule has 0 aliphatic heterocycles. The Kier molecular flexibility index (Phi) is 4.28. The molecule has 0 spiro atoms. The summed E-state index contributed by atoms with van der Waals surface area (Å²) in [5.41, 5.74) is 0.624. The third-order valence-electron chi connectivity index (χ3n) is 3.73. The van der Waals surface area contributed by atoms with Crippen LogP contribution in [0, 0.1) is 11.3 Å². The number of hydrogen-bond donors (Lipinski definition) is 0. The van der Waals surface area contributed by atoms with Crippen LogP contribution in [-0.2, 0) is 0 Å². The third-order valence-corrected chi connectivity index (χ3v) is 4.04. The Hall–Kier alpha value is -1.22. The fourth-order valence-corrected chi connectivity index (χ4v) is 2.61. The molecule has 1 aromatic rings. The van der Waals surface area contributed by atoms with Crippen LogP contribution in [0.1, 0.15) is 44.5 Å². The molecule has 0 heterocycles. The summed E-state index contributed by atoms with van der Waals surface area (Å²) in [6.07, 6.45) is 0.916. The molecule has 1 aromatic carbocycles. The minimum atomic E-state index is 0.0624. The van der Waals surface area contributed by atoms with Crippen LogP contribution in [0.25, 0.3) is 0 Å². The molecule has 1 saturated carbocycles. The van der Waals surface area contributed by atoms with Crippen molar-refractivity contribution in [1.29, 1.82) is 0 Å². The van der Waals surface area contributed by atoms with E-state index in [1.165, 1.54) is 0 Å². The summed E-state index contributed by atoms with van der Waals surface area (Å²) in [5, 5.41) is 0.435. The van der Waals surface area contributed by atoms with Gasteiger partial charge in [-0.2, -0.15) is 0 Å². The molecule has 20 heavy (non-hydrogen) atoms. The van der Waals surface area contributed by atoms with Crippen molar-refractivity contribution in [2.75, 3.05) is 13.2 Å². The summed E-state index contributed by atoms with van der Waals surface area (Å²) in [7, 11) is 0. The Bertz CT molecular complexity index is 523. The van der Waals surface area contributed by atoms with Gasteiger partial charge in [0, 0.05) is 17.5 Å². The average Bonchev–Trinajstić information content (AvgIpc) is 3.01. The molecular formula is C16H21ClO3. The molecule has 0 bridgehead atoms. The lowest BCUT2D eigenvalue weighted by atomic mass is 10.0. The van der Waals surface area contributed by atoms with Crippen LogP contribution in [0.5, 0.6) is 11.5 Å². The van der Waals surface area contributed by atoms with Crippen LogP contribution in [0.4, 0.5) is 0 Å². The topological polar surface area (TPSA) is 35.5 Å². The van der Waals surface area contributed by atoms with Crippen LogP contribution >= 0.6 is 11.6 Å². The van der Waals surface area contributed by atoms with Crippen molar-refractivity contribution in [2.24, 2.45) is 11.3 Å². The standard InChI is InChI=1S/C16H21ClO3/c1-5-19-13-7-10(12(17)8-14(13)20-6-2)15(18)11-9-16(11,3)4/h7-8,11H,5-6,9H2,1-4H3. The van der Waals surface area contributed by atoms with Crippen LogP contribution in [0.2, 0.25) is 5.02 Å². The van der Waals surface area contributed by atoms with Gasteiger partial charge in [-0.15, -0.1) is 0 Å². The van der Waals surface area contributed by atoms with Gasteiger partial charge in [0.05, 0.1) is 18.2 Å². The van der Waals surface area contributed by atoms with Crippen molar-refractivity contribution >= 4 is 17.4 Å². The molecule has 1 unspecified atom stereocenters. The van der Waals surface area contributed by atoms with Gasteiger partial charge in [-0.1, -0.05) is 25.4 Å². The lowest BCUT2D eigenvalue weighted by molar-refractivity contribution is 0.0953. The van der Waals surface area contributed by atoms with Crippen molar-refractivity contribution < 1.29 is 14.3 Å². The van der Waals surface area contributed by atoms with Gasteiger partial charge in [-0.3, -0.25) is 4.79 Å². The summed E-state index contributed by atoms with van der Waals surface area (Å²) < 4.78 is 11.1. The quantitative estimate of drug-likeness (QED) is 0.731. The summed E-state index contributed by atoms with van der Waals surface area (Å²) in [4.78, 5) is 12.5. The van der Waals surface area contributed by atoms with Gasteiger partial charge in [0.1, 0.15) is 0 Å². The van der Waals surface area contributed by atoms with Crippen molar-refractivity contribution in [2.45, 2.75) is 34.1 Å². The molecule has 3 nitrogen and oxygen atoms in total. The number of benzene rings is 1. The Morgan fingerprint density at radius 3 is 2.20 bits per heavy atom. The number of ketones is 1. The zero-order chi connectivity index (χ0) is 14.9. The van der Waals surface area contributed by atoms with Crippen LogP contribution in [0.3, 0.4) is 0 Å². The molecule has 0 amide bonds. The average molecular weight is 297 g/mol. The monoisotopic (exact) mass is 296 g/mol. The van der Waals surface area contributed by atoms with Gasteiger partial charge in [0.15, 0.2) is 17.3 Å². The first-order valence-corrected chi connectivity index (χ1v) is 7.41. The van der Waals surface area contributed by atoms with Crippen molar-refractivity contribution in [3.63, 3.8) is 0 Å². The first-order chi connectivity index (χ1) is 9.40. The van der Waals surface area contributed by atoms with E-state index in [0.29, 0.717) is 35.3 Å². The highest BCUT2D eigenvalue weighted by Gasteiger charge is 2.50. The smallest absolute Gasteiger partial charge is 0.168 e. The lowest BCUT2D eigenvalue weighted by Crippen LogP contribution is -2.08. The van der Waals surface area contributed by atoms with E-state index in [9.17, 15) is 4.79 Å². The number of halogens is 1. The van der Waals surface area contributed by atoms with Crippen LogP contribution in [-0.4, -0.2) is 19.0 Å². The first-order valence-electron chi connectivity index (χ1n) is 7.04. The molecule has 0 saturated heterocycles. The fraction of sp³-hybridized carbons (Fsp3) is 0.562. The van der Waals surface area contributed by atoms with Crippen molar-refractivity contribution in [3.05, 3.63) is 22.7 Å².